The average molecular weight is 427 g/mol. The summed E-state index contributed by atoms with van der Waals surface area (Å²) >= 11 is 0. The molecule has 6 fully saturated rings. The molecule has 4 heteroatoms. The molecule has 4 bridgehead atoms. The van der Waals surface area contributed by atoms with E-state index < -0.39 is 0 Å². The smallest absolute Gasteiger partial charge is 0.130 e. The predicted molar refractivity (Wildman–Crippen MR) is 120 cm³/mol. The summed E-state index contributed by atoms with van der Waals surface area (Å²) in [6, 6.07) is 2.32. The minimum Gasteiger partial charge on any atom is -0.490 e. The Balaban J connectivity index is 1.47. The lowest BCUT2D eigenvalue weighted by Crippen LogP contribution is -2.49. The zero-order valence-electron chi connectivity index (χ0n) is 19.7. The largest absolute Gasteiger partial charge is 0.490 e. The molecule has 4 aliphatic carbocycles. The third-order valence-corrected chi connectivity index (χ3v) is 8.40. The highest BCUT2D eigenvalue weighted by atomic mass is 16.6. The third kappa shape index (κ3) is 3.78. The molecule has 0 radical (unpaired) electrons. The molecule has 31 heavy (non-hydrogen) atoms. The number of ether oxygens (including phenoxy) is 4. The molecule has 1 aromatic carbocycles. The molecule has 0 N–H and O–H groups in total. The normalized spacial score (nSPS) is 37.7. The quantitative estimate of drug-likeness (QED) is 0.554. The lowest BCUT2D eigenvalue weighted by molar-refractivity contribution is -0.00688. The summed E-state index contributed by atoms with van der Waals surface area (Å²) in [7, 11) is 0. The van der Waals surface area contributed by atoms with Crippen LogP contribution < -0.4 is 9.47 Å². The van der Waals surface area contributed by atoms with Crippen LogP contribution in [0, 0.1) is 24.7 Å². The molecule has 2 aliphatic heterocycles. The maximum absolute atomic E-state index is 6.72. The van der Waals surface area contributed by atoms with Crippen molar-refractivity contribution in [2.75, 3.05) is 26.4 Å². The first-order valence-electron chi connectivity index (χ1n) is 12.5. The first-order valence-corrected chi connectivity index (χ1v) is 12.5. The Morgan fingerprint density at radius 1 is 0.903 bits per heavy atom. The maximum Gasteiger partial charge on any atom is 0.130 e. The molecule has 4 nitrogen and oxygen atoms in total. The second-order valence-corrected chi connectivity index (χ2v) is 12.3. The molecule has 4 saturated carbocycles. The fraction of sp³-hybridized carbons (Fsp3) is 0.778. The SMILES string of the molecule is Cc1cc(OCC2CO2)c(C(C)(C)C)c(OCC2CO2)c1C12CC3CC(CC(C3)C1)C2. The van der Waals surface area contributed by atoms with Crippen molar-refractivity contribution in [3.8, 4) is 11.5 Å². The summed E-state index contributed by atoms with van der Waals surface area (Å²) in [6.07, 6.45) is 8.90. The molecule has 1 aromatic rings. The lowest BCUT2D eigenvalue weighted by atomic mass is 9.47. The summed E-state index contributed by atoms with van der Waals surface area (Å²) in [4.78, 5) is 0. The zero-order chi connectivity index (χ0) is 21.4. The molecule has 170 valence electrons. The third-order valence-electron chi connectivity index (χ3n) is 8.40. The summed E-state index contributed by atoms with van der Waals surface area (Å²) in [5, 5.41) is 0. The number of hydrogen-bond donors (Lipinski definition) is 0. The van der Waals surface area contributed by atoms with Crippen molar-refractivity contribution in [3.63, 3.8) is 0 Å². The van der Waals surface area contributed by atoms with Gasteiger partial charge in [0.1, 0.15) is 36.9 Å². The summed E-state index contributed by atoms with van der Waals surface area (Å²) in [5.41, 5.74) is 4.33. The molecule has 0 spiro atoms. The Bertz CT molecular complexity index is 824. The minimum atomic E-state index is -0.0653. The Hall–Kier alpha value is -1.26. The van der Waals surface area contributed by atoms with E-state index >= 15 is 0 Å². The van der Waals surface area contributed by atoms with E-state index in [-0.39, 0.29) is 23.0 Å². The van der Waals surface area contributed by atoms with Gasteiger partial charge in [-0.1, -0.05) is 20.8 Å². The molecule has 2 atom stereocenters. The van der Waals surface area contributed by atoms with E-state index in [1.54, 1.807) is 0 Å². The molecule has 7 rings (SSSR count). The average Bonchev–Trinajstić information content (AvgIpc) is 3.57. The standard InChI is InChI=1S/C27H38O4/c1-16-5-22(30-14-20-12-28-20)24(26(2,3)4)25(31-15-21-13-29-21)23(16)27-9-17-6-18(10-27)8-19(7-17)11-27/h5,17-21H,6-15H2,1-4H3. The van der Waals surface area contributed by atoms with Crippen LogP contribution in [-0.2, 0) is 20.3 Å². The van der Waals surface area contributed by atoms with E-state index in [1.165, 1.54) is 55.2 Å². The van der Waals surface area contributed by atoms with Crippen molar-refractivity contribution in [1.29, 1.82) is 0 Å². The number of epoxide rings is 2. The minimum absolute atomic E-state index is 0.0653. The second-order valence-electron chi connectivity index (χ2n) is 12.3. The van der Waals surface area contributed by atoms with Crippen molar-refractivity contribution in [1.82, 2.24) is 0 Å². The molecular weight excluding hydrogens is 388 g/mol. The van der Waals surface area contributed by atoms with Gasteiger partial charge in [-0.05, 0) is 80.2 Å². The Kier molecular flexibility index (Phi) is 4.67. The van der Waals surface area contributed by atoms with Crippen LogP contribution in [0.1, 0.15) is 76.0 Å². The maximum atomic E-state index is 6.72. The van der Waals surface area contributed by atoms with Gasteiger partial charge in [-0.2, -0.15) is 0 Å². The van der Waals surface area contributed by atoms with Crippen LogP contribution in [0.5, 0.6) is 11.5 Å². The van der Waals surface area contributed by atoms with Gasteiger partial charge in [0, 0.05) is 16.5 Å². The van der Waals surface area contributed by atoms with Gasteiger partial charge in [-0.25, -0.2) is 0 Å². The lowest BCUT2D eigenvalue weighted by Gasteiger charge is -2.57. The Labute approximate surface area is 187 Å². The van der Waals surface area contributed by atoms with E-state index in [4.69, 9.17) is 18.9 Å². The number of aryl methyl sites for hydroxylation is 1. The number of benzene rings is 1. The van der Waals surface area contributed by atoms with Gasteiger partial charge in [0.2, 0.25) is 0 Å². The van der Waals surface area contributed by atoms with Gasteiger partial charge < -0.3 is 18.9 Å². The molecule has 2 saturated heterocycles. The van der Waals surface area contributed by atoms with E-state index in [9.17, 15) is 0 Å². The molecule has 0 amide bonds. The predicted octanol–water partition coefficient (Wildman–Crippen LogP) is 5.32. The number of hydrogen-bond acceptors (Lipinski definition) is 4. The molecule has 2 heterocycles. The molecule has 6 aliphatic rings. The van der Waals surface area contributed by atoms with Crippen LogP contribution >= 0.6 is 0 Å². The fourth-order valence-corrected chi connectivity index (χ4v) is 7.49. The highest BCUT2D eigenvalue weighted by molar-refractivity contribution is 5.60. The van der Waals surface area contributed by atoms with Crippen molar-refractivity contribution in [2.24, 2.45) is 17.8 Å². The van der Waals surface area contributed by atoms with Crippen molar-refractivity contribution in [2.45, 2.75) is 89.3 Å². The van der Waals surface area contributed by atoms with E-state index in [1.807, 2.05) is 0 Å². The van der Waals surface area contributed by atoms with E-state index in [0.29, 0.717) is 13.2 Å². The molecule has 0 aromatic heterocycles. The van der Waals surface area contributed by atoms with Gasteiger partial charge in [0.05, 0.1) is 13.2 Å². The van der Waals surface area contributed by atoms with Crippen molar-refractivity contribution in [3.05, 3.63) is 22.8 Å². The van der Waals surface area contributed by atoms with E-state index in [2.05, 4.69) is 33.8 Å². The first-order chi connectivity index (χ1) is 14.8. The van der Waals surface area contributed by atoms with Gasteiger partial charge >= 0.3 is 0 Å². The van der Waals surface area contributed by atoms with Gasteiger partial charge in [-0.15, -0.1) is 0 Å². The molecular formula is C27H38O4. The van der Waals surface area contributed by atoms with Gasteiger partial charge in [0.25, 0.3) is 0 Å². The summed E-state index contributed by atoms with van der Waals surface area (Å²) in [5.74, 6) is 4.83. The topological polar surface area (TPSA) is 43.5 Å². The summed E-state index contributed by atoms with van der Waals surface area (Å²) in [6.45, 7) is 12.1. The van der Waals surface area contributed by atoms with Crippen LogP contribution in [0.15, 0.2) is 6.07 Å². The zero-order valence-corrected chi connectivity index (χ0v) is 19.7. The first kappa shape index (κ1) is 20.4. The van der Waals surface area contributed by atoms with Gasteiger partial charge in [0.15, 0.2) is 0 Å². The Morgan fingerprint density at radius 2 is 1.42 bits per heavy atom. The highest BCUT2D eigenvalue weighted by Gasteiger charge is 2.53. The van der Waals surface area contributed by atoms with Crippen LogP contribution in [0.25, 0.3) is 0 Å². The summed E-state index contributed by atoms with van der Waals surface area (Å²) < 4.78 is 24.0. The number of rotatable bonds is 7. The second kappa shape index (κ2) is 7.12. The van der Waals surface area contributed by atoms with Crippen LogP contribution in [0.4, 0.5) is 0 Å². The van der Waals surface area contributed by atoms with Crippen molar-refractivity contribution >= 4 is 0 Å². The van der Waals surface area contributed by atoms with Crippen LogP contribution in [0.3, 0.4) is 0 Å². The van der Waals surface area contributed by atoms with Crippen LogP contribution in [-0.4, -0.2) is 38.6 Å². The Morgan fingerprint density at radius 3 is 1.90 bits per heavy atom. The van der Waals surface area contributed by atoms with Crippen LogP contribution in [0.2, 0.25) is 0 Å². The van der Waals surface area contributed by atoms with E-state index in [0.717, 1.165) is 42.5 Å². The van der Waals surface area contributed by atoms with Gasteiger partial charge in [-0.3, -0.25) is 0 Å². The highest BCUT2D eigenvalue weighted by Crippen LogP contribution is 2.63. The van der Waals surface area contributed by atoms with Crippen molar-refractivity contribution < 1.29 is 18.9 Å². The monoisotopic (exact) mass is 426 g/mol. The fourth-order valence-electron chi connectivity index (χ4n) is 7.49. The molecule has 2 unspecified atom stereocenters.